The molecule has 3 heterocycles. The molecule has 0 radical (unpaired) electrons. The van der Waals surface area contributed by atoms with E-state index in [9.17, 15) is 14.4 Å². The van der Waals surface area contributed by atoms with Crippen molar-refractivity contribution in [3.05, 3.63) is 42.0 Å². The molecule has 4 atom stereocenters. The van der Waals surface area contributed by atoms with Crippen LogP contribution in [0.1, 0.15) is 12.5 Å². The topological polar surface area (TPSA) is 72.9 Å². The smallest absolute Gasteiger partial charge is 0.302 e. The molecule has 24 heavy (non-hydrogen) atoms. The third kappa shape index (κ3) is 1.89. The summed E-state index contributed by atoms with van der Waals surface area (Å²) in [6.45, 7) is 3.11. The molecule has 0 spiro atoms. The standard InChI is InChI=1S/C18H17NO5/c1-10-5-3-4-6-12(10)19-16(21)14-13-7-8-18(24-13,9-23-11(2)20)15(14)17(19)22/h3-8,13-15H,9H2,1-2H3/t13-,14+,15-,18-/m1/s1. The summed E-state index contributed by atoms with van der Waals surface area (Å²) >= 11 is 0. The number of nitrogens with zero attached hydrogens (tertiary/aromatic N) is 1. The first-order chi connectivity index (χ1) is 11.4. The maximum atomic E-state index is 13.0. The summed E-state index contributed by atoms with van der Waals surface area (Å²) < 4.78 is 11.0. The minimum absolute atomic E-state index is 0.0584. The number of hydrogen-bond donors (Lipinski definition) is 0. The van der Waals surface area contributed by atoms with Gasteiger partial charge >= 0.3 is 5.97 Å². The highest BCUT2D eigenvalue weighted by molar-refractivity contribution is 6.23. The number of carbonyl (C=O) groups is 3. The third-order valence-corrected chi connectivity index (χ3v) is 5.01. The number of amides is 2. The summed E-state index contributed by atoms with van der Waals surface area (Å²) in [4.78, 5) is 38.4. The molecule has 1 aromatic rings. The van der Waals surface area contributed by atoms with Gasteiger partial charge in [0.2, 0.25) is 11.8 Å². The van der Waals surface area contributed by atoms with Crippen LogP contribution in [0.2, 0.25) is 0 Å². The van der Waals surface area contributed by atoms with E-state index in [0.717, 1.165) is 5.56 Å². The summed E-state index contributed by atoms with van der Waals surface area (Å²) in [6, 6.07) is 7.29. The maximum Gasteiger partial charge on any atom is 0.302 e. The van der Waals surface area contributed by atoms with Crippen molar-refractivity contribution in [1.29, 1.82) is 0 Å². The van der Waals surface area contributed by atoms with Crippen molar-refractivity contribution < 1.29 is 23.9 Å². The first-order valence-corrected chi connectivity index (χ1v) is 7.88. The van der Waals surface area contributed by atoms with Crippen molar-refractivity contribution in [2.75, 3.05) is 11.5 Å². The van der Waals surface area contributed by atoms with Crippen LogP contribution in [-0.4, -0.2) is 36.1 Å². The first kappa shape index (κ1) is 15.1. The Morgan fingerprint density at radius 3 is 2.75 bits per heavy atom. The van der Waals surface area contributed by atoms with Crippen LogP contribution < -0.4 is 4.90 Å². The third-order valence-electron chi connectivity index (χ3n) is 5.01. The Hall–Kier alpha value is -2.47. The number of aryl methyl sites for hydroxylation is 1. The zero-order valence-corrected chi connectivity index (χ0v) is 13.4. The minimum atomic E-state index is -1.04. The van der Waals surface area contributed by atoms with E-state index in [0.29, 0.717) is 5.69 Å². The fourth-order valence-electron chi connectivity index (χ4n) is 3.93. The molecule has 3 aliphatic rings. The highest BCUT2D eigenvalue weighted by atomic mass is 16.6. The van der Waals surface area contributed by atoms with Gasteiger partial charge in [-0.05, 0) is 24.6 Å². The zero-order chi connectivity index (χ0) is 17.1. The van der Waals surface area contributed by atoms with E-state index >= 15 is 0 Å². The van der Waals surface area contributed by atoms with Gasteiger partial charge in [0.1, 0.15) is 12.2 Å². The van der Waals surface area contributed by atoms with Crippen molar-refractivity contribution in [3.63, 3.8) is 0 Å². The zero-order valence-electron chi connectivity index (χ0n) is 13.4. The molecule has 3 aliphatic heterocycles. The van der Waals surface area contributed by atoms with E-state index in [1.54, 1.807) is 24.3 Å². The molecule has 1 aromatic carbocycles. The van der Waals surface area contributed by atoms with Gasteiger partial charge in [-0.15, -0.1) is 0 Å². The average Bonchev–Trinajstić information content (AvgIpc) is 3.18. The number of para-hydroxylation sites is 1. The second kappa shape index (κ2) is 5.01. The van der Waals surface area contributed by atoms with Gasteiger partial charge in [0, 0.05) is 6.92 Å². The molecule has 6 heteroatoms. The van der Waals surface area contributed by atoms with Crippen LogP contribution in [-0.2, 0) is 23.9 Å². The minimum Gasteiger partial charge on any atom is -0.462 e. The molecule has 2 saturated heterocycles. The van der Waals surface area contributed by atoms with Crippen LogP contribution >= 0.6 is 0 Å². The van der Waals surface area contributed by atoms with Gasteiger partial charge in [0.05, 0.1) is 23.6 Å². The van der Waals surface area contributed by atoms with Gasteiger partial charge < -0.3 is 9.47 Å². The molecular formula is C18H17NO5. The SMILES string of the molecule is CC(=O)OC[C@@]12C=C[C@@H](O1)[C@@H]1C(=O)N(c3ccccc3C)C(=O)[C@@H]12. The van der Waals surface area contributed by atoms with Gasteiger partial charge in [-0.2, -0.15) is 0 Å². The predicted octanol–water partition coefficient (Wildman–Crippen LogP) is 1.37. The Labute approximate surface area is 139 Å². The Morgan fingerprint density at radius 1 is 1.29 bits per heavy atom. The number of fused-ring (bicyclic) bond motifs is 5. The van der Waals surface area contributed by atoms with Crippen LogP contribution in [0.3, 0.4) is 0 Å². The quantitative estimate of drug-likeness (QED) is 0.476. The predicted molar refractivity (Wildman–Crippen MR) is 84.0 cm³/mol. The highest BCUT2D eigenvalue weighted by Gasteiger charge is 2.68. The van der Waals surface area contributed by atoms with Crippen LogP contribution in [0.15, 0.2) is 36.4 Å². The number of carbonyl (C=O) groups excluding carboxylic acids is 3. The summed E-state index contributed by atoms with van der Waals surface area (Å²) in [6.07, 6.45) is 3.10. The van der Waals surface area contributed by atoms with Crippen molar-refractivity contribution in [2.45, 2.75) is 25.6 Å². The fourth-order valence-corrected chi connectivity index (χ4v) is 3.93. The van der Waals surface area contributed by atoms with Gasteiger partial charge in [-0.1, -0.05) is 24.3 Å². The van der Waals surface area contributed by atoms with E-state index in [1.165, 1.54) is 11.8 Å². The van der Waals surface area contributed by atoms with Gasteiger partial charge in [-0.25, -0.2) is 4.90 Å². The normalized spacial score (nSPS) is 33.2. The lowest BCUT2D eigenvalue weighted by molar-refractivity contribution is -0.150. The molecular weight excluding hydrogens is 310 g/mol. The Balaban J connectivity index is 1.72. The van der Waals surface area contributed by atoms with Crippen molar-refractivity contribution >= 4 is 23.5 Å². The van der Waals surface area contributed by atoms with Crippen molar-refractivity contribution in [3.8, 4) is 0 Å². The van der Waals surface area contributed by atoms with Crippen molar-refractivity contribution in [2.24, 2.45) is 11.8 Å². The number of rotatable bonds is 3. The second-order valence-electron chi connectivity index (χ2n) is 6.48. The average molecular weight is 327 g/mol. The van der Waals surface area contributed by atoms with E-state index in [-0.39, 0.29) is 18.4 Å². The number of benzene rings is 1. The van der Waals surface area contributed by atoms with E-state index in [4.69, 9.17) is 9.47 Å². The molecule has 0 aliphatic carbocycles. The number of anilines is 1. The van der Waals surface area contributed by atoms with Gasteiger partial charge in [0.15, 0.2) is 0 Å². The number of hydrogen-bond acceptors (Lipinski definition) is 5. The van der Waals surface area contributed by atoms with E-state index < -0.39 is 29.5 Å². The Morgan fingerprint density at radius 2 is 2.04 bits per heavy atom. The fraction of sp³-hybridized carbons (Fsp3) is 0.389. The van der Waals surface area contributed by atoms with Crippen LogP contribution in [0.25, 0.3) is 0 Å². The molecule has 0 saturated carbocycles. The van der Waals surface area contributed by atoms with E-state index in [2.05, 4.69) is 0 Å². The molecule has 2 fully saturated rings. The number of imide groups is 1. The van der Waals surface area contributed by atoms with Crippen LogP contribution in [0, 0.1) is 18.8 Å². The van der Waals surface area contributed by atoms with Gasteiger partial charge in [-0.3, -0.25) is 14.4 Å². The maximum absolute atomic E-state index is 13.0. The number of esters is 1. The molecule has 2 bridgehead atoms. The molecule has 2 amide bonds. The highest BCUT2D eigenvalue weighted by Crippen LogP contribution is 2.52. The van der Waals surface area contributed by atoms with E-state index in [1.807, 2.05) is 19.1 Å². The second-order valence-corrected chi connectivity index (χ2v) is 6.48. The molecule has 0 aromatic heterocycles. The molecule has 124 valence electrons. The summed E-state index contributed by atoms with van der Waals surface area (Å²) in [7, 11) is 0. The summed E-state index contributed by atoms with van der Waals surface area (Å²) in [5, 5.41) is 0. The lowest BCUT2D eigenvalue weighted by atomic mass is 9.77. The molecule has 4 rings (SSSR count). The summed E-state index contributed by atoms with van der Waals surface area (Å²) in [5.41, 5.74) is 0.420. The van der Waals surface area contributed by atoms with Gasteiger partial charge in [0.25, 0.3) is 0 Å². The molecule has 6 nitrogen and oxygen atoms in total. The van der Waals surface area contributed by atoms with Crippen LogP contribution in [0.5, 0.6) is 0 Å². The summed E-state index contributed by atoms with van der Waals surface area (Å²) in [5.74, 6) is -2.20. The molecule has 0 unspecified atom stereocenters. The van der Waals surface area contributed by atoms with Crippen LogP contribution in [0.4, 0.5) is 5.69 Å². The largest absolute Gasteiger partial charge is 0.462 e. The molecule has 0 N–H and O–H groups in total. The Kier molecular flexibility index (Phi) is 3.15. The monoisotopic (exact) mass is 327 g/mol. The number of ether oxygens (including phenoxy) is 2. The van der Waals surface area contributed by atoms with Crippen molar-refractivity contribution in [1.82, 2.24) is 0 Å². The first-order valence-electron chi connectivity index (χ1n) is 7.88. The lowest BCUT2D eigenvalue weighted by Crippen LogP contribution is -2.44. The Bertz CT molecular complexity index is 785. The lowest BCUT2D eigenvalue weighted by Gasteiger charge is -2.28.